The molecule has 126 valence electrons. The van der Waals surface area contributed by atoms with Gasteiger partial charge in [-0.15, -0.1) is 0 Å². The Morgan fingerprint density at radius 3 is 2.68 bits per heavy atom. The van der Waals surface area contributed by atoms with E-state index < -0.39 is 5.97 Å². The smallest absolute Gasteiger partial charge is 0.379 e. The van der Waals surface area contributed by atoms with E-state index in [0.717, 1.165) is 5.56 Å². The highest BCUT2D eigenvalue weighted by Crippen LogP contribution is 2.29. The maximum atomic E-state index is 12.0. The average Bonchev–Trinajstić information content (AvgIpc) is 3.17. The van der Waals surface area contributed by atoms with Gasteiger partial charge >= 0.3 is 5.97 Å². The number of esters is 1. The van der Waals surface area contributed by atoms with Crippen LogP contribution in [0, 0.1) is 0 Å². The number of furan rings is 1. The molecule has 0 aliphatic carbocycles. The van der Waals surface area contributed by atoms with Gasteiger partial charge in [-0.3, -0.25) is 4.99 Å². The molecule has 1 heterocycles. The van der Waals surface area contributed by atoms with Gasteiger partial charge in [-0.05, 0) is 48.0 Å². The van der Waals surface area contributed by atoms with Crippen LogP contribution >= 0.6 is 11.6 Å². The van der Waals surface area contributed by atoms with Crippen molar-refractivity contribution in [2.45, 2.75) is 0 Å². The van der Waals surface area contributed by atoms with Gasteiger partial charge in [0, 0.05) is 6.21 Å². The molecule has 2 aromatic carbocycles. The standard InChI is InChI=1S/C19H14ClNO4/c1-23-18-11-13(12-21-15-6-3-2-5-14(15)20)8-9-16(18)25-19(22)17-7-4-10-24-17/h2-12H,1H3. The number of hydrogen-bond acceptors (Lipinski definition) is 5. The van der Waals surface area contributed by atoms with Crippen molar-refractivity contribution in [2.24, 2.45) is 4.99 Å². The van der Waals surface area contributed by atoms with Gasteiger partial charge in [0.05, 0.1) is 24.1 Å². The van der Waals surface area contributed by atoms with Crippen LogP contribution < -0.4 is 9.47 Å². The highest BCUT2D eigenvalue weighted by molar-refractivity contribution is 6.33. The SMILES string of the molecule is COc1cc(C=Nc2ccccc2Cl)ccc1OC(=O)c1ccco1. The van der Waals surface area contributed by atoms with Crippen LogP contribution in [0.2, 0.25) is 5.02 Å². The molecule has 0 radical (unpaired) electrons. The highest BCUT2D eigenvalue weighted by atomic mass is 35.5. The Morgan fingerprint density at radius 1 is 1.12 bits per heavy atom. The van der Waals surface area contributed by atoms with Crippen molar-refractivity contribution in [1.82, 2.24) is 0 Å². The molecule has 5 nitrogen and oxygen atoms in total. The monoisotopic (exact) mass is 355 g/mol. The molecule has 0 aliphatic heterocycles. The summed E-state index contributed by atoms with van der Waals surface area (Å²) < 4.78 is 15.6. The Kier molecular flexibility index (Phi) is 5.16. The number of carbonyl (C=O) groups is 1. The fraction of sp³-hybridized carbons (Fsp3) is 0.0526. The fourth-order valence-corrected chi connectivity index (χ4v) is 2.28. The summed E-state index contributed by atoms with van der Waals surface area (Å²) >= 11 is 6.08. The van der Waals surface area contributed by atoms with Gasteiger partial charge in [0.15, 0.2) is 11.5 Å². The summed E-state index contributed by atoms with van der Waals surface area (Å²) in [4.78, 5) is 16.3. The molecule has 0 saturated carbocycles. The van der Waals surface area contributed by atoms with Crippen LogP contribution in [0.5, 0.6) is 11.5 Å². The van der Waals surface area contributed by atoms with Gasteiger partial charge in [-0.25, -0.2) is 4.79 Å². The zero-order valence-corrected chi connectivity index (χ0v) is 14.1. The zero-order valence-electron chi connectivity index (χ0n) is 13.3. The second-order valence-electron chi connectivity index (χ2n) is 4.99. The Bertz CT molecular complexity index is 904. The van der Waals surface area contributed by atoms with E-state index in [1.165, 1.54) is 19.4 Å². The molecule has 6 heteroatoms. The number of methoxy groups -OCH3 is 1. The summed E-state index contributed by atoms with van der Waals surface area (Å²) in [6.45, 7) is 0. The lowest BCUT2D eigenvalue weighted by atomic mass is 10.2. The van der Waals surface area contributed by atoms with E-state index in [4.69, 9.17) is 25.5 Å². The van der Waals surface area contributed by atoms with Crippen LogP contribution in [0.3, 0.4) is 0 Å². The molecule has 0 saturated heterocycles. The van der Waals surface area contributed by atoms with E-state index >= 15 is 0 Å². The summed E-state index contributed by atoms with van der Waals surface area (Å²) in [6.07, 6.45) is 3.06. The first-order chi connectivity index (χ1) is 12.2. The van der Waals surface area contributed by atoms with Crippen molar-refractivity contribution in [3.8, 4) is 11.5 Å². The number of benzene rings is 2. The third-order valence-electron chi connectivity index (χ3n) is 3.32. The van der Waals surface area contributed by atoms with Crippen molar-refractivity contribution in [1.29, 1.82) is 0 Å². The molecule has 1 aromatic heterocycles. The Hall–Kier alpha value is -3.05. The summed E-state index contributed by atoms with van der Waals surface area (Å²) in [6, 6.07) is 15.5. The maximum Gasteiger partial charge on any atom is 0.379 e. The summed E-state index contributed by atoms with van der Waals surface area (Å²) in [5, 5.41) is 0.565. The summed E-state index contributed by atoms with van der Waals surface area (Å²) in [7, 11) is 1.49. The third kappa shape index (κ3) is 4.08. The van der Waals surface area contributed by atoms with Crippen LogP contribution in [-0.4, -0.2) is 19.3 Å². The number of carbonyl (C=O) groups excluding carboxylic acids is 1. The van der Waals surface area contributed by atoms with Crippen molar-refractivity contribution < 1.29 is 18.7 Å². The normalized spacial score (nSPS) is 10.8. The molecule has 0 atom stereocenters. The molecule has 3 rings (SSSR count). The lowest BCUT2D eigenvalue weighted by Gasteiger charge is -2.09. The van der Waals surface area contributed by atoms with Crippen LogP contribution in [0.4, 0.5) is 5.69 Å². The van der Waals surface area contributed by atoms with Crippen LogP contribution in [0.1, 0.15) is 16.1 Å². The van der Waals surface area contributed by atoms with Crippen LogP contribution in [0.25, 0.3) is 0 Å². The third-order valence-corrected chi connectivity index (χ3v) is 3.64. The Morgan fingerprint density at radius 2 is 1.96 bits per heavy atom. The average molecular weight is 356 g/mol. The van der Waals surface area contributed by atoms with Crippen molar-refractivity contribution in [3.05, 3.63) is 77.2 Å². The molecule has 3 aromatic rings. The maximum absolute atomic E-state index is 12.0. The molecule has 25 heavy (non-hydrogen) atoms. The first-order valence-corrected chi connectivity index (χ1v) is 7.77. The second kappa shape index (κ2) is 7.68. The number of hydrogen-bond donors (Lipinski definition) is 0. The first kappa shape index (κ1) is 16.8. The summed E-state index contributed by atoms with van der Waals surface area (Å²) in [5.74, 6) is 0.217. The number of ether oxygens (including phenoxy) is 2. The molecular weight excluding hydrogens is 342 g/mol. The first-order valence-electron chi connectivity index (χ1n) is 7.39. The largest absolute Gasteiger partial charge is 0.493 e. The van der Waals surface area contributed by atoms with Crippen molar-refractivity contribution in [2.75, 3.05) is 7.11 Å². The molecule has 0 amide bonds. The van der Waals surface area contributed by atoms with E-state index in [2.05, 4.69) is 4.99 Å². The van der Waals surface area contributed by atoms with Crippen molar-refractivity contribution in [3.63, 3.8) is 0 Å². The molecule has 0 bridgehead atoms. The van der Waals surface area contributed by atoms with Gasteiger partial charge in [-0.2, -0.15) is 0 Å². The van der Waals surface area contributed by atoms with Crippen LogP contribution in [0.15, 0.2) is 70.3 Å². The molecule has 0 unspecified atom stereocenters. The molecular formula is C19H14ClNO4. The van der Waals surface area contributed by atoms with Gasteiger partial charge in [0.2, 0.25) is 5.76 Å². The molecule has 0 N–H and O–H groups in total. The highest BCUT2D eigenvalue weighted by Gasteiger charge is 2.14. The van der Waals surface area contributed by atoms with Gasteiger partial charge in [0.25, 0.3) is 0 Å². The topological polar surface area (TPSA) is 61.0 Å². The van der Waals surface area contributed by atoms with Gasteiger partial charge in [-0.1, -0.05) is 23.7 Å². The number of rotatable bonds is 5. The molecule has 0 aliphatic rings. The molecule has 0 fully saturated rings. The van der Waals surface area contributed by atoms with Crippen LogP contribution in [-0.2, 0) is 0 Å². The fourth-order valence-electron chi connectivity index (χ4n) is 2.09. The summed E-state index contributed by atoms with van der Waals surface area (Å²) in [5.41, 5.74) is 1.44. The number of para-hydroxylation sites is 1. The van der Waals surface area contributed by atoms with E-state index in [-0.39, 0.29) is 5.76 Å². The predicted octanol–water partition coefficient (Wildman–Crippen LogP) is 4.91. The van der Waals surface area contributed by atoms with Gasteiger partial charge in [0.1, 0.15) is 0 Å². The van der Waals surface area contributed by atoms with E-state index in [0.29, 0.717) is 22.2 Å². The van der Waals surface area contributed by atoms with E-state index in [9.17, 15) is 4.79 Å². The van der Waals surface area contributed by atoms with E-state index in [1.807, 2.05) is 18.2 Å². The van der Waals surface area contributed by atoms with Gasteiger partial charge < -0.3 is 13.9 Å². The molecule has 0 spiro atoms. The lowest BCUT2D eigenvalue weighted by Crippen LogP contribution is -2.08. The number of nitrogens with zero attached hydrogens (tertiary/aromatic N) is 1. The minimum Gasteiger partial charge on any atom is -0.493 e. The van der Waals surface area contributed by atoms with Crippen molar-refractivity contribution >= 4 is 29.5 Å². The Balaban J connectivity index is 1.80. The predicted molar refractivity (Wildman–Crippen MR) is 95.4 cm³/mol. The minimum atomic E-state index is -0.596. The quantitative estimate of drug-likeness (QED) is 0.370. The minimum absolute atomic E-state index is 0.117. The van der Waals surface area contributed by atoms with E-state index in [1.54, 1.807) is 36.5 Å². The second-order valence-corrected chi connectivity index (χ2v) is 5.39. The lowest BCUT2D eigenvalue weighted by molar-refractivity contribution is 0.0696. The number of aliphatic imine (C=N–C) groups is 1. The number of halogens is 1. The Labute approximate surface area is 149 Å². The zero-order chi connectivity index (χ0) is 17.6.